The molecule has 0 aromatic carbocycles. The first kappa shape index (κ1) is 14.4. The molecule has 0 spiro atoms. The fourth-order valence-electron chi connectivity index (χ4n) is 2.23. The van der Waals surface area contributed by atoms with Gasteiger partial charge >= 0.3 is 5.97 Å². The number of nitrogens with zero attached hydrogens (tertiary/aromatic N) is 2. The number of aliphatic hydroxyl groups is 1. The summed E-state index contributed by atoms with van der Waals surface area (Å²) < 4.78 is 4.55. The minimum Gasteiger partial charge on any atom is -0.469 e. The number of ether oxygens (including phenoxy) is 1. The average Bonchev–Trinajstić information content (AvgIpc) is 2.72. The SMILES string of the molecule is COC(=O)CCC(O)CN(C)C1CCN(C)C1. The molecule has 1 fully saturated rings. The fourth-order valence-corrected chi connectivity index (χ4v) is 2.23. The summed E-state index contributed by atoms with van der Waals surface area (Å²) in [4.78, 5) is 15.4. The number of likely N-dealkylation sites (N-methyl/N-ethyl adjacent to an activating group) is 2. The smallest absolute Gasteiger partial charge is 0.305 e. The quantitative estimate of drug-likeness (QED) is 0.663. The van der Waals surface area contributed by atoms with Gasteiger partial charge in [-0.05, 0) is 33.5 Å². The summed E-state index contributed by atoms with van der Waals surface area (Å²) in [5.41, 5.74) is 0. The van der Waals surface area contributed by atoms with Crippen LogP contribution in [-0.2, 0) is 9.53 Å². The van der Waals surface area contributed by atoms with E-state index in [2.05, 4.69) is 21.6 Å². The predicted molar refractivity (Wildman–Crippen MR) is 65.8 cm³/mol. The Morgan fingerprint density at radius 2 is 2.35 bits per heavy atom. The van der Waals surface area contributed by atoms with E-state index in [1.54, 1.807) is 0 Å². The van der Waals surface area contributed by atoms with Crippen molar-refractivity contribution in [1.29, 1.82) is 0 Å². The molecule has 0 aromatic heterocycles. The van der Waals surface area contributed by atoms with Crippen LogP contribution in [0.2, 0.25) is 0 Å². The summed E-state index contributed by atoms with van der Waals surface area (Å²) in [7, 11) is 5.52. The molecule has 1 heterocycles. The van der Waals surface area contributed by atoms with Crippen molar-refractivity contribution >= 4 is 5.97 Å². The number of carbonyl (C=O) groups is 1. The van der Waals surface area contributed by atoms with Gasteiger partial charge in [-0.1, -0.05) is 0 Å². The van der Waals surface area contributed by atoms with Crippen LogP contribution in [0.15, 0.2) is 0 Å². The maximum absolute atomic E-state index is 10.9. The first-order valence-electron chi connectivity index (χ1n) is 6.16. The van der Waals surface area contributed by atoms with E-state index < -0.39 is 6.10 Å². The van der Waals surface area contributed by atoms with Gasteiger partial charge in [0.15, 0.2) is 0 Å². The molecule has 0 radical (unpaired) electrons. The fraction of sp³-hybridized carbons (Fsp3) is 0.917. The summed E-state index contributed by atoms with van der Waals surface area (Å²) in [5, 5.41) is 9.83. The number of methoxy groups -OCH3 is 1. The molecule has 0 aromatic rings. The van der Waals surface area contributed by atoms with E-state index in [1.165, 1.54) is 7.11 Å². The summed E-state index contributed by atoms with van der Waals surface area (Å²) >= 11 is 0. The largest absolute Gasteiger partial charge is 0.469 e. The Morgan fingerprint density at radius 3 is 2.88 bits per heavy atom. The highest BCUT2D eigenvalue weighted by Gasteiger charge is 2.24. The first-order valence-corrected chi connectivity index (χ1v) is 6.16. The number of rotatable bonds is 6. The lowest BCUT2D eigenvalue weighted by molar-refractivity contribution is -0.141. The number of aliphatic hydroxyl groups excluding tert-OH is 1. The molecule has 1 N–H and O–H groups in total. The highest BCUT2D eigenvalue weighted by atomic mass is 16.5. The van der Waals surface area contributed by atoms with Crippen molar-refractivity contribution in [1.82, 2.24) is 9.80 Å². The monoisotopic (exact) mass is 244 g/mol. The zero-order chi connectivity index (χ0) is 12.8. The number of esters is 1. The van der Waals surface area contributed by atoms with Crippen LogP contribution in [0.4, 0.5) is 0 Å². The minimum atomic E-state index is -0.454. The maximum Gasteiger partial charge on any atom is 0.305 e. The molecular formula is C12H24N2O3. The summed E-state index contributed by atoms with van der Waals surface area (Å²) in [6, 6.07) is 0.521. The molecule has 0 bridgehead atoms. The van der Waals surface area contributed by atoms with E-state index >= 15 is 0 Å². The van der Waals surface area contributed by atoms with E-state index in [1.807, 2.05) is 7.05 Å². The van der Waals surface area contributed by atoms with E-state index in [4.69, 9.17) is 0 Å². The van der Waals surface area contributed by atoms with Crippen LogP contribution >= 0.6 is 0 Å². The van der Waals surface area contributed by atoms with Gasteiger partial charge in [-0.2, -0.15) is 0 Å². The summed E-state index contributed by atoms with van der Waals surface area (Å²) in [6.45, 7) is 2.79. The molecule has 0 amide bonds. The molecule has 1 saturated heterocycles. The van der Waals surface area contributed by atoms with Gasteiger partial charge in [0.05, 0.1) is 13.2 Å². The lowest BCUT2D eigenvalue weighted by Crippen LogP contribution is -2.39. The second kappa shape index (κ2) is 6.93. The van der Waals surface area contributed by atoms with Crippen molar-refractivity contribution < 1.29 is 14.6 Å². The zero-order valence-electron chi connectivity index (χ0n) is 11.1. The Hall–Kier alpha value is -0.650. The molecule has 0 saturated carbocycles. The van der Waals surface area contributed by atoms with Crippen LogP contribution in [0.3, 0.4) is 0 Å². The molecule has 17 heavy (non-hydrogen) atoms. The molecular weight excluding hydrogens is 220 g/mol. The van der Waals surface area contributed by atoms with Crippen molar-refractivity contribution in [3.8, 4) is 0 Å². The van der Waals surface area contributed by atoms with Gasteiger partial charge < -0.3 is 14.7 Å². The zero-order valence-corrected chi connectivity index (χ0v) is 11.1. The van der Waals surface area contributed by atoms with Gasteiger partial charge in [0, 0.05) is 25.6 Å². The lowest BCUT2D eigenvalue weighted by Gasteiger charge is -2.26. The van der Waals surface area contributed by atoms with E-state index in [0.717, 1.165) is 19.5 Å². The second-order valence-electron chi connectivity index (χ2n) is 4.91. The molecule has 5 nitrogen and oxygen atoms in total. The predicted octanol–water partition coefficient (Wildman–Crippen LogP) is -0.0636. The Kier molecular flexibility index (Phi) is 5.88. The van der Waals surface area contributed by atoms with Gasteiger partial charge in [0.25, 0.3) is 0 Å². The third-order valence-corrected chi connectivity index (χ3v) is 3.40. The molecule has 1 aliphatic rings. The first-order chi connectivity index (χ1) is 8.02. The number of hydrogen-bond donors (Lipinski definition) is 1. The van der Waals surface area contributed by atoms with Crippen molar-refractivity contribution in [2.24, 2.45) is 0 Å². The average molecular weight is 244 g/mol. The van der Waals surface area contributed by atoms with E-state index in [0.29, 0.717) is 19.0 Å². The molecule has 2 atom stereocenters. The number of carbonyl (C=O) groups excluding carboxylic acids is 1. The van der Waals surface area contributed by atoms with Crippen molar-refractivity contribution in [2.75, 3.05) is 40.8 Å². The highest BCUT2D eigenvalue weighted by Crippen LogP contribution is 2.13. The van der Waals surface area contributed by atoms with Gasteiger partial charge in [0.1, 0.15) is 0 Å². The molecule has 1 rings (SSSR count). The van der Waals surface area contributed by atoms with Gasteiger partial charge in [-0.3, -0.25) is 9.69 Å². The molecule has 5 heteroatoms. The Bertz CT molecular complexity index is 248. The molecule has 1 aliphatic heterocycles. The van der Waals surface area contributed by atoms with Crippen LogP contribution in [0.1, 0.15) is 19.3 Å². The minimum absolute atomic E-state index is 0.257. The number of likely N-dealkylation sites (tertiary alicyclic amines) is 1. The summed E-state index contributed by atoms with van der Waals surface area (Å²) in [5.74, 6) is -0.257. The Labute approximate surface area is 103 Å². The van der Waals surface area contributed by atoms with Crippen molar-refractivity contribution in [2.45, 2.75) is 31.4 Å². The van der Waals surface area contributed by atoms with Crippen molar-refractivity contribution in [3.63, 3.8) is 0 Å². The van der Waals surface area contributed by atoms with Gasteiger partial charge in [0.2, 0.25) is 0 Å². The third kappa shape index (κ3) is 5.02. The highest BCUT2D eigenvalue weighted by molar-refractivity contribution is 5.69. The molecule has 2 unspecified atom stereocenters. The number of hydrogen-bond acceptors (Lipinski definition) is 5. The standard InChI is InChI=1S/C12H24N2O3/c1-13-7-6-10(8-13)14(2)9-11(15)4-5-12(16)17-3/h10-11,15H,4-9H2,1-3H3. The van der Waals surface area contributed by atoms with Crippen LogP contribution in [0.5, 0.6) is 0 Å². The third-order valence-electron chi connectivity index (χ3n) is 3.40. The van der Waals surface area contributed by atoms with Crippen LogP contribution < -0.4 is 0 Å². The molecule has 100 valence electrons. The Morgan fingerprint density at radius 1 is 1.65 bits per heavy atom. The molecule has 0 aliphatic carbocycles. The topological polar surface area (TPSA) is 53.0 Å². The Balaban J connectivity index is 2.21. The van der Waals surface area contributed by atoms with Crippen LogP contribution in [0.25, 0.3) is 0 Å². The maximum atomic E-state index is 10.9. The second-order valence-corrected chi connectivity index (χ2v) is 4.91. The lowest BCUT2D eigenvalue weighted by atomic mass is 10.1. The van der Waals surface area contributed by atoms with Crippen LogP contribution in [-0.4, -0.2) is 73.9 Å². The normalized spacial score (nSPS) is 23.0. The van der Waals surface area contributed by atoms with Gasteiger partial charge in [-0.25, -0.2) is 0 Å². The van der Waals surface area contributed by atoms with E-state index in [9.17, 15) is 9.90 Å². The van der Waals surface area contributed by atoms with Crippen LogP contribution in [0, 0.1) is 0 Å². The summed E-state index contributed by atoms with van der Waals surface area (Å²) in [6.07, 6.45) is 1.46. The van der Waals surface area contributed by atoms with Crippen molar-refractivity contribution in [3.05, 3.63) is 0 Å². The van der Waals surface area contributed by atoms with Gasteiger partial charge in [-0.15, -0.1) is 0 Å². The van der Waals surface area contributed by atoms with E-state index in [-0.39, 0.29) is 12.4 Å².